The molecule has 0 aliphatic rings. The summed E-state index contributed by atoms with van der Waals surface area (Å²) in [6.07, 6.45) is 0. The number of anilines is 3. The van der Waals surface area contributed by atoms with Crippen molar-refractivity contribution in [2.45, 2.75) is 24.0 Å². The van der Waals surface area contributed by atoms with E-state index in [9.17, 15) is 21.6 Å². The summed E-state index contributed by atoms with van der Waals surface area (Å²) in [5.41, 5.74) is 0.937. The first-order chi connectivity index (χ1) is 15.6. The highest BCUT2D eigenvalue weighted by Crippen LogP contribution is 2.28. The molecular weight excluding hydrogens is 466 g/mol. The summed E-state index contributed by atoms with van der Waals surface area (Å²) < 4.78 is 57.1. The standard InChI is InChI=1S/C22H23N3O6S2/c1-16(2)32(27,28)25-18-12-14-19(15-13-18)33(29,30)31-21-11-7-6-10-20(21)24-22(26)23-17-8-4-3-5-9-17/h3-16,25H,1-2H3,(H2,23,24,26). The Morgan fingerprint density at radius 2 is 1.36 bits per heavy atom. The zero-order valence-corrected chi connectivity index (χ0v) is 19.5. The number of nitrogens with one attached hydrogen (secondary N) is 3. The van der Waals surface area contributed by atoms with Crippen LogP contribution in [0.15, 0.2) is 83.8 Å². The minimum Gasteiger partial charge on any atom is -0.377 e. The zero-order chi connectivity index (χ0) is 24.1. The number of para-hydroxylation sites is 3. The van der Waals surface area contributed by atoms with Crippen molar-refractivity contribution in [3.63, 3.8) is 0 Å². The Morgan fingerprint density at radius 3 is 2.00 bits per heavy atom. The van der Waals surface area contributed by atoms with Crippen LogP contribution >= 0.6 is 0 Å². The van der Waals surface area contributed by atoms with Crippen LogP contribution in [0, 0.1) is 0 Å². The average Bonchev–Trinajstić information content (AvgIpc) is 2.75. The second-order valence-corrected chi connectivity index (χ2v) is 11.0. The van der Waals surface area contributed by atoms with Gasteiger partial charge in [-0.15, -0.1) is 0 Å². The SMILES string of the molecule is CC(C)S(=O)(=O)Nc1ccc(S(=O)(=O)Oc2ccccc2NC(=O)Nc2ccccc2)cc1. The number of rotatable bonds is 8. The third-order valence-corrected chi connectivity index (χ3v) is 7.40. The molecule has 0 atom stereocenters. The fraction of sp³-hybridized carbons (Fsp3) is 0.136. The second kappa shape index (κ2) is 9.92. The fourth-order valence-electron chi connectivity index (χ4n) is 2.59. The van der Waals surface area contributed by atoms with Gasteiger partial charge in [-0.2, -0.15) is 8.42 Å². The lowest BCUT2D eigenvalue weighted by Crippen LogP contribution is -2.22. The molecule has 0 bridgehead atoms. The molecular formula is C22H23N3O6S2. The van der Waals surface area contributed by atoms with Crippen LogP contribution in [0.5, 0.6) is 5.75 Å². The number of hydrogen-bond donors (Lipinski definition) is 3. The summed E-state index contributed by atoms with van der Waals surface area (Å²) in [6.45, 7) is 3.06. The Kier molecular flexibility index (Phi) is 7.24. The third kappa shape index (κ3) is 6.46. The molecule has 2 amide bonds. The van der Waals surface area contributed by atoms with Gasteiger partial charge in [0, 0.05) is 11.4 Å². The molecule has 0 aliphatic carbocycles. The Labute approximate surface area is 193 Å². The van der Waals surface area contributed by atoms with Gasteiger partial charge in [0.2, 0.25) is 10.0 Å². The number of hydrogen-bond acceptors (Lipinski definition) is 6. The highest BCUT2D eigenvalue weighted by Gasteiger charge is 2.20. The molecule has 3 aromatic carbocycles. The van der Waals surface area contributed by atoms with Crippen molar-refractivity contribution in [1.82, 2.24) is 0 Å². The molecule has 174 valence electrons. The molecule has 0 saturated heterocycles. The maximum Gasteiger partial charge on any atom is 0.339 e. The highest BCUT2D eigenvalue weighted by molar-refractivity contribution is 7.93. The minimum atomic E-state index is -4.26. The molecule has 0 fully saturated rings. The van der Waals surface area contributed by atoms with Crippen LogP contribution in [0.2, 0.25) is 0 Å². The third-order valence-electron chi connectivity index (χ3n) is 4.39. The van der Waals surface area contributed by atoms with Gasteiger partial charge >= 0.3 is 16.1 Å². The predicted molar refractivity (Wildman–Crippen MR) is 127 cm³/mol. The second-order valence-electron chi connectivity index (χ2n) is 7.20. The molecule has 33 heavy (non-hydrogen) atoms. The van der Waals surface area contributed by atoms with Crippen LogP contribution in [-0.2, 0) is 20.1 Å². The topological polar surface area (TPSA) is 131 Å². The Balaban J connectivity index is 1.74. The van der Waals surface area contributed by atoms with Crippen molar-refractivity contribution in [3.8, 4) is 5.75 Å². The van der Waals surface area contributed by atoms with Gasteiger partial charge in [-0.1, -0.05) is 30.3 Å². The molecule has 3 aromatic rings. The molecule has 0 aliphatic heterocycles. The van der Waals surface area contributed by atoms with Crippen molar-refractivity contribution in [2.75, 3.05) is 15.4 Å². The normalized spacial score (nSPS) is 11.6. The number of benzene rings is 3. The minimum absolute atomic E-state index is 0.0784. The largest absolute Gasteiger partial charge is 0.377 e. The summed E-state index contributed by atoms with van der Waals surface area (Å²) in [4.78, 5) is 12.1. The Morgan fingerprint density at radius 1 is 0.758 bits per heavy atom. The molecule has 0 saturated carbocycles. The monoisotopic (exact) mass is 489 g/mol. The van der Waals surface area contributed by atoms with E-state index >= 15 is 0 Å². The van der Waals surface area contributed by atoms with Crippen molar-refractivity contribution >= 4 is 43.2 Å². The van der Waals surface area contributed by atoms with Gasteiger partial charge in [-0.3, -0.25) is 4.72 Å². The van der Waals surface area contributed by atoms with Crippen LogP contribution < -0.4 is 19.5 Å². The van der Waals surface area contributed by atoms with E-state index in [1.54, 1.807) is 36.4 Å². The lowest BCUT2D eigenvalue weighted by molar-refractivity contribution is 0.262. The first kappa shape index (κ1) is 24.1. The first-order valence-electron chi connectivity index (χ1n) is 9.85. The van der Waals surface area contributed by atoms with Crippen LogP contribution in [0.25, 0.3) is 0 Å². The van der Waals surface area contributed by atoms with Crippen LogP contribution in [-0.4, -0.2) is 28.1 Å². The van der Waals surface area contributed by atoms with Crippen LogP contribution in [0.1, 0.15) is 13.8 Å². The van der Waals surface area contributed by atoms with Gasteiger partial charge in [0.25, 0.3) is 0 Å². The van der Waals surface area contributed by atoms with Crippen molar-refractivity contribution in [1.29, 1.82) is 0 Å². The fourth-order valence-corrected chi connectivity index (χ4v) is 4.23. The van der Waals surface area contributed by atoms with Gasteiger partial charge < -0.3 is 14.8 Å². The van der Waals surface area contributed by atoms with Crippen molar-refractivity contribution in [2.24, 2.45) is 0 Å². The van der Waals surface area contributed by atoms with E-state index in [1.807, 2.05) is 6.07 Å². The van der Waals surface area contributed by atoms with E-state index in [-0.39, 0.29) is 22.0 Å². The maximum absolute atomic E-state index is 12.7. The molecule has 9 nitrogen and oxygen atoms in total. The maximum atomic E-state index is 12.7. The number of amides is 2. The lowest BCUT2D eigenvalue weighted by Gasteiger charge is -2.14. The molecule has 0 aromatic heterocycles. The molecule has 0 unspecified atom stereocenters. The average molecular weight is 490 g/mol. The van der Waals surface area contributed by atoms with Crippen molar-refractivity contribution in [3.05, 3.63) is 78.9 Å². The molecule has 0 heterocycles. The molecule has 11 heteroatoms. The predicted octanol–water partition coefficient (Wildman–Crippen LogP) is 4.25. The van der Waals surface area contributed by atoms with Crippen LogP contribution in [0.3, 0.4) is 0 Å². The van der Waals surface area contributed by atoms with Crippen molar-refractivity contribution < 1.29 is 25.8 Å². The zero-order valence-electron chi connectivity index (χ0n) is 17.8. The van der Waals surface area contributed by atoms with Gasteiger partial charge in [0.1, 0.15) is 4.90 Å². The molecule has 0 spiro atoms. The van der Waals surface area contributed by atoms with Gasteiger partial charge in [-0.05, 0) is 62.4 Å². The number of carbonyl (C=O) groups is 1. The van der Waals surface area contributed by atoms with Gasteiger partial charge in [-0.25, -0.2) is 13.2 Å². The number of sulfonamides is 1. The van der Waals surface area contributed by atoms with E-state index in [1.165, 1.54) is 50.2 Å². The summed E-state index contributed by atoms with van der Waals surface area (Å²) in [7, 11) is -7.82. The lowest BCUT2D eigenvalue weighted by atomic mass is 10.3. The van der Waals surface area contributed by atoms with E-state index < -0.39 is 31.4 Å². The van der Waals surface area contributed by atoms with E-state index in [0.717, 1.165) is 0 Å². The van der Waals surface area contributed by atoms with E-state index in [0.29, 0.717) is 5.69 Å². The smallest absolute Gasteiger partial charge is 0.339 e. The number of urea groups is 1. The van der Waals surface area contributed by atoms with E-state index in [2.05, 4.69) is 15.4 Å². The quantitative estimate of drug-likeness (QED) is 0.406. The molecule has 0 radical (unpaired) electrons. The molecule has 3 rings (SSSR count). The number of carbonyl (C=O) groups excluding carboxylic acids is 1. The first-order valence-corrected chi connectivity index (χ1v) is 12.8. The van der Waals surface area contributed by atoms with Gasteiger partial charge in [0.05, 0.1) is 10.9 Å². The van der Waals surface area contributed by atoms with Crippen LogP contribution in [0.4, 0.5) is 21.9 Å². The summed E-state index contributed by atoms with van der Waals surface area (Å²) in [5.74, 6) is -0.0784. The Hall–Kier alpha value is -3.57. The summed E-state index contributed by atoms with van der Waals surface area (Å²) in [5, 5.41) is 4.55. The van der Waals surface area contributed by atoms with E-state index in [4.69, 9.17) is 4.18 Å². The molecule has 3 N–H and O–H groups in total. The summed E-state index contributed by atoms with van der Waals surface area (Å²) in [6, 6.07) is 19.4. The highest BCUT2D eigenvalue weighted by atomic mass is 32.2. The van der Waals surface area contributed by atoms with Gasteiger partial charge in [0.15, 0.2) is 5.75 Å². The summed E-state index contributed by atoms with van der Waals surface area (Å²) >= 11 is 0. The Bertz CT molecular complexity index is 1320.